The third kappa shape index (κ3) is 5.77. The van der Waals surface area contributed by atoms with Crippen LogP contribution in [-0.4, -0.2) is 51.1 Å². The number of amides is 2. The number of quaternary nitrogens is 1. The highest BCUT2D eigenvalue weighted by Crippen LogP contribution is 2.19. The number of halogens is 1. The minimum Gasteiger partial charge on any atom is -0.360 e. The number of benzene rings is 2. The van der Waals surface area contributed by atoms with E-state index < -0.39 is 0 Å². The molecule has 0 bridgehead atoms. The van der Waals surface area contributed by atoms with Crippen LogP contribution >= 0.6 is 0 Å². The van der Waals surface area contributed by atoms with Crippen LogP contribution in [0.1, 0.15) is 11.1 Å². The standard InChI is InChI=1S/C22H27FN4O2/c1-16-4-3-5-17(2)22(16)25-20(28)14-24-21(29)15-26-10-12-27(13-11-26)19-8-6-18(23)7-9-19/h3-9H,10-15H2,1-2H3,(H,24,29)(H,25,28)/p+1. The Bertz CT molecular complexity index is 841. The molecule has 0 unspecified atom stereocenters. The predicted octanol–water partition coefficient (Wildman–Crippen LogP) is 0.902. The fourth-order valence-corrected chi connectivity index (χ4v) is 3.57. The second-order valence-corrected chi connectivity index (χ2v) is 7.48. The molecule has 1 saturated heterocycles. The van der Waals surface area contributed by atoms with Crippen LogP contribution in [0.5, 0.6) is 0 Å². The van der Waals surface area contributed by atoms with Crippen LogP contribution in [0.4, 0.5) is 15.8 Å². The number of aryl methyl sites for hydroxylation is 2. The summed E-state index contributed by atoms with van der Waals surface area (Å²) in [5.41, 5.74) is 3.79. The van der Waals surface area contributed by atoms with Crippen LogP contribution in [0.2, 0.25) is 0 Å². The molecule has 29 heavy (non-hydrogen) atoms. The Hall–Kier alpha value is -2.93. The molecule has 154 valence electrons. The zero-order valence-corrected chi connectivity index (χ0v) is 16.9. The number of rotatable bonds is 6. The summed E-state index contributed by atoms with van der Waals surface area (Å²) in [5, 5.41) is 5.58. The summed E-state index contributed by atoms with van der Waals surface area (Å²) in [6.07, 6.45) is 0. The van der Waals surface area contributed by atoms with E-state index in [1.165, 1.54) is 17.0 Å². The van der Waals surface area contributed by atoms with Crippen LogP contribution in [0.15, 0.2) is 42.5 Å². The number of para-hydroxylation sites is 1. The lowest BCUT2D eigenvalue weighted by Crippen LogP contribution is -3.16. The molecular weight excluding hydrogens is 371 g/mol. The molecule has 6 nitrogen and oxygen atoms in total. The van der Waals surface area contributed by atoms with Gasteiger partial charge in [-0.3, -0.25) is 9.59 Å². The topological polar surface area (TPSA) is 65.9 Å². The Morgan fingerprint density at radius 3 is 2.24 bits per heavy atom. The molecule has 0 atom stereocenters. The summed E-state index contributed by atoms with van der Waals surface area (Å²) in [4.78, 5) is 27.8. The highest BCUT2D eigenvalue weighted by Gasteiger charge is 2.22. The predicted molar refractivity (Wildman–Crippen MR) is 112 cm³/mol. The van der Waals surface area contributed by atoms with E-state index in [1.807, 2.05) is 32.0 Å². The Morgan fingerprint density at radius 1 is 1.00 bits per heavy atom. The average Bonchev–Trinajstić information content (AvgIpc) is 2.71. The molecule has 0 aromatic heterocycles. The van der Waals surface area contributed by atoms with Crippen LogP contribution in [0.3, 0.4) is 0 Å². The molecule has 3 rings (SSSR count). The Balaban J connectivity index is 1.40. The first-order chi connectivity index (χ1) is 13.9. The number of carbonyl (C=O) groups excluding carboxylic acids is 2. The smallest absolute Gasteiger partial charge is 0.275 e. The Kier molecular flexibility index (Phi) is 6.82. The van der Waals surface area contributed by atoms with E-state index in [4.69, 9.17) is 0 Å². The summed E-state index contributed by atoms with van der Waals surface area (Å²) in [5.74, 6) is -0.602. The SMILES string of the molecule is Cc1cccc(C)c1NC(=O)CNC(=O)C[NH+]1CCN(c2ccc(F)cc2)CC1. The average molecular weight is 399 g/mol. The quantitative estimate of drug-likeness (QED) is 0.676. The van der Waals surface area contributed by atoms with E-state index in [0.717, 1.165) is 48.7 Å². The maximum absolute atomic E-state index is 13.1. The molecule has 0 saturated carbocycles. The zero-order valence-electron chi connectivity index (χ0n) is 16.9. The van der Waals surface area contributed by atoms with Gasteiger partial charge in [0.2, 0.25) is 5.91 Å². The second kappa shape index (κ2) is 9.52. The number of nitrogens with zero attached hydrogens (tertiary/aromatic N) is 1. The molecule has 0 radical (unpaired) electrons. The van der Waals surface area contributed by atoms with Gasteiger partial charge in [-0.25, -0.2) is 4.39 Å². The van der Waals surface area contributed by atoms with Crippen LogP contribution in [0, 0.1) is 19.7 Å². The Morgan fingerprint density at radius 2 is 1.62 bits per heavy atom. The van der Waals surface area contributed by atoms with Gasteiger partial charge in [-0.05, 0) is 49.2 Å². The van der Waals surface area contributed by atoms with Gasteiger partial charge in [0.15, 0.2) is 6.54 Å². The van der Waals surface area contributed by atoms with Crippen molar-refractivity contribution in [2.24, 2.45) is 0 Å². The molecule has 1 fully saturated rings. The molecule has 2 amide bonds. The van der Waals surface area contributed by atoms with Gasteiger partial charge in [0.25, 0.3) is 5.91 Å². The van der Waals surface area contributed by atoms with Crippen molar-refractivity contribution in [1.29, 1.82) is 0 Å². The lowest BCUT2D eigenvalue weighted by molar-refractivity contribution is -0.892. The first kappa shape index (κ1) is 20.8. The van der Waals surface area contributed by atoms with Gasteiger partial charge in [0.1, 0.15) is 5.82 Å². The van der Waals surface area contributed by atoms with Crippen molar-refractivity contribution in [3.05, 3.63) is 59.4 Å². The normalized spacial score (nSPS) is 14.5. The minimum absolute atomic E-state index is 0.0401. The van der Waals surface area contributed by atoms with Crippen molar-refractivity contribution in [2.75, 3.05) is 49.5 Å². The first-order valence-corrected chi connectivity index (χ1v) is 9.89. The fourth-order valence-electron chi connectivity index (χ4n) is 3.57. The fraction of sp³-hybridized carbons (Fsp3) is 0.364. The van der Waals surface area contributed by atoms with Gasteiger partial charge in [0.05, 0.1) is 32.7 Å². The number of piperazine rings is 1. The van der Waals surface area contributed by atoms with E-state index in [-0.39, 0.29) is 24.2 Å². The molecule has 3 N–H and O–H groups in total. The van der Waals surface area contributed by atoms with Gasteiger partial charge in [-0.1, -0.05) is 18.2 Å². The van der Waals surface area contributed by atoms with E-state index in [9.17, 15) is 14.0 Å². The Labute approximate surface area is 170 Å². The monoisotopic (exact) mass is 399 g/mol. The third-order valence-corrected chi connectivity index (χ3v) is 5.26. The summed E-state index contributed by atoms with van der Waals surface area (Å²) < 4.78 is 13.1. The van der Waals surface area contributed by atoms with E-state index in [0.29, 0.717) is 6.54 Å². The molecule has 0 aliphatic carbocycles. The van der Waals surface area contributed by atoms with Gasteiger partial charge < -0.3 is 20.4 Å². The van der Waals surface area contributed by atoms with E-state index in [1.54, 1.807) is 12.1 Å². The van der Waals surface area contributed by atoms with E-state index >= 15 is 0 Å². The third-order valence-electron chi connectivity index (χ3n) is 5.26. The number of hydrogen-bond acceptors (Lipinski definition) is 3. The van der Waals surface area contributed by atoms with Crippen molar-refractivity contribution < 1.29 is 18.9 Å². The van der Waals surface area contributed by atoms with Crippen molar-refractivity contribution in [3.8, 4) is 0 Å². The van der Waals surface area contributed by atoms with Gasteiger partial charge in [0, 0.05) is 11.4 Å². The van der Waals surface area contributed by atoms with Crippen molar-refractivity contribution in [1.82, 2.24) is 5.32 Å². The van der Waals surface area contributed by atoms with Gasteiger partial charge >= 0.3 is 0 Å². The van der Waals surface area contributed by atoms with Gasteiger partial charge in [-0.2, -0.15) is 0 Å². The summed E-state index contributed by atoms with van der Waals surface area (Å²) in [6.45, 7) is 7.43. The second-order valence-electron chi connectivity index (χ2n) is 7.48. The molecule has 7 heteroatoms. The van der Waals surface area contributed by atoms with Crippen molar-refractivity contribution in [3.63, 3.8) is 0 Å². The minimum atomic E-state index is -0.240. The summed E-state index contributed by atoms with van der Waals surface area (Å²) in [6, 6.07) is 12.3. The molecule has 2 aromatic carbocycles. The van der Waals surface area contributed by atoms with E-state index in [2.05, 4.69) is 15.5 Å². The molecule has 1 aliphatic heterocycles. The number of anilines is 2. The van der Waals surface area contributed by atoms with Crippen molar-refractivity contribution in [2.45, 2.75) is 13.8 Å². The lowest BCUT2D eigenvalue weighted by atomic mass is 10.1. The first-order valence-electron chi connectivity index (χ1n) is 9.89. The maximum atomic E-state index is 13.1. The molecule has 1 aliphatic rings. The largest absolute Gasteiger partial charge is 0.360 e. The molecule has 1 heterocycles. The highest BCUT2D eigenvalue weighted by molar-refractivity contribution is 5.95. The molecular formula is C22H28FN4O2+. The zero-order chi connectivity index (χ0) is 20.8. The lowest BCUT2D eigenvalue weighted by Gasteiger charge is -2.33. The van der Waals surface area contributed by atoms with Crippen molar-refractivity contribution >= 4 is 23.2 Å². The van der Waals surface area contributed by atoms with Crippen LogP contribution < -0.4 is 20.4 Å². The maximum Gasteiger partial charge on any atom is 0.275 e. The number of hydrogen-bond donors (Lipinski definition) is 3. The summed E-state index contributed by atoms with van der Waals surface area (Å²) in [7, 11) is 0. The highest BCUT2D eigenvalue weighted by atomic mass is 19.1. The van der Waals surface area contributed by atoms with Crippen LogP contribution in [0.25, 0.3) is 0 Å². The van der Waals surface area contributed by atoms with Crippen LogP contribution in [-0.2, 0) is 9.59 Å². The molecule has 2 aromatic rings. The summed E-state index contributed by atoms with van der Waals surface area (Å²) >= 11 is 0. The molecule has 0 spiro atoms. The van der Waals surface area contributed by atoms with Gasteiger partial charge in [-0.15, -0.1) is 0 Å². The number of nitrogens with one attached hydrogen (secondary N) is 3. The number of carbonyl (C=O) groups is 2.